The summed E-state index contributed by atoms with van der Waals surface area (Å²) in [5.41, 5.74) is 9.02. The SMILES string of the molecule is CC[C@H](C(=O)NCc1ccccc1)N(C(=O)c1snc(C(=O)NC2CCCCC2)c1N)c1ccc(C)cc1. The van der Waals surface area contributed by atoms with Crippen LogP contribution in [0, 0.1) is 6.92 Å². The number of hydrogen-bond acceptors (Lipinski definition) is 6. The topological polar surface area (TPSA) is 117 Å². The molecule has 0 unspecified atom stereocenters. The largest absolute Gasteiger partial charge is 0.395 e. The van der Waals surface area contributed by atoms with Crippen molar-refractivity contribution in [1.82, 2.24) is 15.0 Å². The number of aromatic nitrogens is 1. The van der Waals surface area contributed by atoms with Gasteiger partial charge in [-0.25, -0.2) is 0 Å². The van der Waals surface area contributed by atoms with E-state index in [2.05, 4.69) is 15.0 Å². The number of nitrogens with one attached hydrogen (secondary N) is 2. The van der Waals surface area contributed by atoms with Crippen LogP contribution in [-0.4, -0.2) is 34.2 Å². The first-order valence-corrected chi connectivity index (χ1v) is 13.9. The van der Waals surface area contributed by atoms with E-state index in [-0.39, 0.29) is 34.1 Å². The Balaban J connectivity index is 1.59. The van der Waals surface area contributed by atoms with Crippen molar-refractivity contribution >= 4 is 40.6 Å². The maximum atomic E-state index is 14.0. The number of aryl methyl sites for hydroxylation is 1. The standard InChI is InChI=1S/C29H35N5O3S/c1-3-23(27(35)31-18-20-10-6-4-7-11-20)34(22-16-14-19(2)15-17-22)29(37)26-24(30)25(33-38-26)28(36)32-21-12-8-5-9-13-21/h4,6-7,10-11,14-17,21,23H,3,5,8-9,12-13,18,30H2,1-2H3,(H,31,35)(H,32,36)/t23-/m1/s1. The highest BCUT2D eigenvalue weighted by Crippen LogP contribution is 2.29. The third-order valence-electron chi connectivity index (χ3n) is 6.92. The van der Waals surface area contributed by atoms with Gasteiger partial charge in [-0.3, -0.25) is 19.3 Å². The first-order valence-electron chi connectivity index (χ1n) is 13.2. The summed E-state index contributed by atoms with van der Waals surface area (Å²) in [6.07, 6.45) is 5.58. The Hall–Kier alpha value is -3.72. The molecule has 1 atom stereocenters. The Morgan fingerprint density at radius 2 is 1.74 bits per heavy atom. The van der Waals surface area contributed by atoms with Gasteiger partial charge in [-0.15, -0.1) is 0 Å². The molecule has 200 valence electrons. The third kappa shape index (κ3) is 6.39. The molecule has 1 aliphatic carbocycles. The Bertz CT molecular complexity index is 1250. The monoisotopic (exact) mass is 533 g/mol. The van der Waals surface area contributed by atoms with E-state index in [0.717, 1.165) is 48.3 Å². The number of nitrogen functional groups attached to an aromatic ring is 1. The highest BCUT2D eigenvalue weighted by molar-refractivity contribution is 7.09. The molecule has 1 fully saturated rings. The maximum absolute atomic E-state index is 14.0. The van der Waals surface area contributed by atoms with E-state index in [4.69, 9.17) is 5.73 Å². The summed E-state index contributed by atoms with van der Waals surface area (Å²) < 4.78 is 4.25. The van der Waals surface area contributed by atoms with Gasteiger partial charge in [0.05, 0.1) is 5.69 Å². The van der Waals surface area contributed by atoms with Crippen molar-refractivity contribution in [2.75, 3.05) is 10.6 Å². The summed E-state index contributed by atoms with van der Waals surface area (Å²) in [5.74, 6) is -1.09. The minimum atomic E-state index is -0.782. The molecule has 1 heterocycles. The summed E-state index contributed by atoms with van der Waals surface area (Å²) in [5, 5.41) is 5.98. The van der Waals surface area contributed by atoms with Crippen LogP contribution in [0.15, 0.2) is 54.6 Å². The minimum Gasteiger partial charge on any atom is -0.395 e. The lowest BCUT2D eigenvalue weighted by atomic mass is 9.95. The number of anilines is 2. The highest BCUT2D eigenvalue weighted by Gasteiger charge is 2.34. The van der Waals surface area contributed by atoms with Crippen LogP contribution in [0.5, 0.6) is 0 Å². The summed E-state index contributed by atoms with van der Waals surface area (Å²) in [7, 11) is 0. The number of carbonyl (C=O) groups excluding carboxylic acids is 3. The van der Waals surface area contributed by atoms with Crippen molar-refractivity contribution < 1.29 is 14.4 Å². The molecule has 3 amide bonds. The molecule has 1 aromatic heterocycles. The van der Waals surface area contributed by atoms with Crippen LogP contribution in [0.1, 0.15) is 76.7 Å². The number of carbonyl (C=O) groups is 3. The van der Waals surface area contributed by atoms with Gasteiger partial charge in [0.1, 0.15) is 10.9 Å². The summed E-state index contributed by atoms with van der Waals surface area (Å²) >= 11 is 0.892. The van der Waals surface area contributed by atoms with Gasteiger partial charge in [-0.05, 0) is 55.4 Å². The average molecular weight is 534 g/mol. The van der Waals surface area contributed by atoms with Crippen LogP contribution in [0.2, 0.25) is 0 Å². The Kier molecular flexibility index (Phi) is 9.12. The molecule has 1 aliphatic rings. The second kappa shape index (κ2) is 12.7. The molecule has 9 heteroatoms. The van der Waals surface area contributed by atoms with Crippen LogP contribution < -0.4 is 21.3 Å². The molecule has 0 spiro atoms. The zero-order chi connectivity index (χ0) is 27.1. The molecular formula is C29H35N5O3S. The number of nitrogens with two attached hydrogens (primary N) is 1. The average Bonchev–Trinajstić information content (AvgIpc) is 3.33. The zero-order valence-electron chi connectivity index (χ0n) is 21.9. The number of rotatable bonds is 9. The number of benzene rings is 2. The fourth-order valence-corrected chi connectivity index (χ4v) is 5.49. The predicted molar refractivity (Wildman–Crippen MR) is 151 cm³/mol. The molecule has 0 saturated heterocycles. The quantitative estimate of drug-likeness (QED) is 0.364. The van der Waals surface area contributed by atoms with Crippen molar-refractivity contribution in [2.45, 2.75) is 71.0 Å². The normalized spacial score (nSPS) is 14.5. The first-order chi connectivity index (χ1) is 18.4. The maximum Gasteiger partial charge on any atom is 0.273 e. The van der Waals surface area contributed by atoms with E-state index in [9.17, 15) is 14.4 Å². The van der Waals surface area contributed by atoms with Crippen LogP contribution >= 0.6 is 11.5 Å². The van der Waals surface area contributed by atoms with E-state index < -0.39 is 11.9 Å². The van der Waals surface area contributed by atoms with Gasteiger partial charge in [-0.2, -0.15) is 4.37 Å². The molecule has 38 heavy (non-hydrogen) atoms. The second-order valence-corrected chi connectivity index (χ2v) is 10.5. The molecule has 0 aliphatic heterocycles. The van der Waals surface area contributed by atoms with E-state index in [1.807, 2.05) is 68.4 Å². The van der Waals surface area contributed by atoms with Gasteiger partial charge >= 0.3 is 0 Å². The van der Waals surface area contributed by atoms with Crippen molar-refractivity contribution in [1.29, 1.82) is 0 Å². The van der Waals surface area contributed by atoms with Crippen molar-refractivity contribution in [3.63, 3.8) is 0 Å². The van der Waals surface area contributed by atoms with E-state index in [0.29, 0.717) is 18.7 Å². The van der Waals surface area contributed by atoms with Crippen molar-refractivity contribution in [3.05, 3.63) is 76.3 Å². The van der Waals surface area contributed by atoms with E-state index in [1.54, 1.807) is 0 Å². The molecule has 4 N–H and O–H groups in total. The fourth-order valence-electron chi connectivity index (χ4n) is 4.76. The summed E-state index contributed by atoms with van der Waals surface area (Å²) in [6.45, 7) is 4.17. The van der Waals surface area contributed by atoms with Gasteiger partial charge in [0, 0.05) is 18.3 Å². The number of amides is 3. The van der Waals surface area contributed by atoms with Crippen molar-refractivity contribution in [3.8, 4) is 0 Å². The molecule has 2 aromatic carbocycles. The molecule has 3 aromatic rings. The molecule has 4 rings (SSSR count). The van der Waals surface area contributed by atoms with Gasteiger partial charge in [0.2, 0.25) is 5.91 Å². The zero-order valence-corrected chi connectivity index (χ0v) is 22.7. The van der Waals surface area contributed by atoms with Gasteiger partial charge in [0.25, 0.3) is 11.8 Å². The van der Waals surface area contributed by atoms with Gasteiger partial charge < -0.3 is 16.4 Å². The number of hydrogen-bond donors (Lipinski definition) is 3. The third-order valence-corrected chi connectivity index (χ3v) is 7.77. The lowest BCUT2D eigenvalue weighted by molar-refractivity contribution is -0.122. The van der Waals surface area contributed by atoms with Crippen LogP contribution in [0.4, 0.5) is 11.4 Å². The predicted octanol–water partition coefficient (Wildman–Crippen LogP) is 4.84. The fraction of sp³-hybridized carbons (Fsp3) is 0.379. The lowest BCUT2D eigenvalue weighted by Gasteiger charge is -2.30. The van der Waals surface area contributed by atoms with Crippen LogP contribution in [0.3, 0.4) is 0 Å². The molecule has 0 radical (unpaired) electrons. The first kappa shape index (κ1) is 27.3. The second-order valence-electron chi connectivity index (χ2n) is 9.72. The summed E-state index contributed by atoms with van der Waals surface area (Å²) in [6, 6.07) is 16.3. The number of nitrogens with zero attached hydrogens (tertiary/aromatic N) is 2. The summed E-state index contributed by atoms with van der Waals surface area (Å²) in [4.78, 5) is 41.9. The Labute approximate surface area is 227 Å². The molecule has 8 nitrogen and oxygen atoms in total. The van der Waals surface area contributed by atoms with Crippen LogP contribution in [-0.2, 0) is 11.3 Å². The smallest absolute Gasteiger partial charge is 0.273 e. The highest BCUT2D eigenvalue weighted by atomic mass is 32.1. The molecular weight excluding hydrogens is 498 g/mol. The molecule has 1 saturated carbocycles. The minimum absolute atomic E-state index is 0.0463. The van der Waals surface area contributed by atoms with E-state index >= 15 is 0 Å². The van der Waals surface area contributed by atoms with Gasteiger partial charge in [0.15, 0.2) is 5.69 Å². The van der Waals surface area contributed by atoms with Gasteiger partial charge in [-0.1, -0.05) is 74.2 Å². The molecule has 0 bridgehead atoms. The van der Waals surface area contributed by atoms with E-state index in [1.165, 1.54) is 11.3 Å². The lowest BCUT2D eigenvalue weighted by Crippen LogP contribution is -2.49. The van der Waals surface area contributed by atoms with Crippen LogP contribution in [0.25, 0.3) is 0 Å². The Morgan fingerprint density at radius 1 is 1.05 bits per heavy atom. The van der Waals surface area contributed by atoms with Crippen molar-refractivity contribution in [2.24, 2.45) is 0 Å². The Morgan fingerprint density at radius 3 is 2.39 bits per heavy atom.